The van der Waals surface area contributed by atoms with Crippen molar-refractivity contribution in [3.8, 4) is 5.69 Å². The van der Waals surface area contributed by atoms with E-state index in [1.54, 1.807) is 22.3 Å². The molecule has 0 atom stereocenters. The summed E-state index contributed by atoms with van der Waals surface area (Å²) in [6.07, 6.45) is -2.17. The molecule has 1 amide bonds. The van der Waals surface area contributed by atoms with Crippen LogP contribution in [0.15, 0.2) is 88.3 Å². The Morgan fingerprint density at radius 3 is 2.50 bits per heavy atom. The van der Waals surface area contributed by atoms with E-state index in [2.05, 4.69) is 26.5 Å². The second kappa shape index (κ2) is 12.0. The summed E-state index contributed by atoms with van der Waals surface area (Å²) in [7, 11) is 1.68. The van der Waals surface area contributed by atoms with E-state index in [0.717, 1.165) is 22.8 Å². The summed E-state index contributed by atoms with van der Waals surface area (Å²) in [4.78, 5) is 34.4. The molecule has 1 aliphatic heterocycles. The molecule has 0 fully saturated rings. The molecule has 3 heterocycles. The highest BCUT2D eigenvalue weighted by molar-refractivity contribution is 9.10. The zero-order valence-electron chi connectivity index (χ0n) is 23.6. The number of amides is 1. The zero-order chi connectivity index (χ0) is 31.0. The first-order chi connectivity index (χ1) is 21.2. The van der Waals surface area contributed by atoms with Crippen molar-refractivity contribution >= 4 is 27.5 Å². The minimum absolute atomic E-state index is 0.0188. The fraction of sp³-hybridized carbons (Fsp3) is 0.219. The number of rotatable bonds is 7. The molecule has 0 bridgehead atoms. The Hall–Kier alpha value is -4.26. The lowest BCUT2D eigenvalue weighted by Crippen LogP contribution is -2.41. The van der Waals surface area contributed by atoms with Gasteiger partial charge in [-0.05, 0) is 47.9 Å². The molecule has 3 aromatic carbocycles. The maximum Gasteiger partial charge on any atom is 0.417 e. The zero-order valence-corrected chi connectivity index (χ0v) is 25.2. The Bertz CT molecular complexity index is 1900. The maximum absolute atomic E-state index is 14.2. The predicted octanol–water partition coefficient (Wildman–Crippen LogP) is 5.71. The van der Waals surface area contributed by atoms with Crippen molar-refractivity contribution in [3.63, 3.8) is 0 Å². The molecule has 0 unspecified atom stereocenters. The highest BCUT2D eigenvalue weighted by Crippen LogP contribution is 2.36. The minimum Gasteiger partial charge on any atom is -0.332 e. The number of fused-ring (bicyclic) bond motifs is 3. The number of hydrogen-bond acceptors (Lipinski definition) is 5. The molecule has 1 aliphatic rings. The van der Waals surface area contributed by atoms with Crippen LogP contribution in [0.1, 0.15) is 43.9 Å². The van der Waals surface area contributed by atoms with E-state index in [4.69, 9.17) is 4.84 Å². The number of nitrogens with zero attached hydrogens (tertiary/aromatic N) is 4. The van der Waals surface area contributed by atoms with Gasteiger partial charge in [0.05, 0.1) is 36.3 Å². The molecule has 226 valence electrons. The first kappa shape index (κ1) is 29.8. The lowest BCUT2D eigenvalue weighted by atomic mass is 10.0. The number of alkyl halides is 3. The van der Waals surface area contributed by atoms with Crippen LogP contribution in [-0.2, 0) is 37.0 Å². The van der Waals surface area contributed by atoms with Crippen LogP contribution in [0.5, 0.6) is 0 Å². The summed E-state index contributed by atoms with van der Waals surface area (Å²) in [6.45, 7) is 0.539. The third kappa shape index (κ3) is 5.68. The number of carbonyl (C=O) groups is 1. The van der Waals surface area contributed by atoms with Crippen molar-refractivity contribution in [1.82, 2.24) is 24.6 Å². The van der Waals surface area contributed by atoms with Gasteiger partial charge in [0.25, 0.3) is 11.5 Å². The second-order valence-corrected chi connectivity index (χ2v) is 11.3. The van der Waals surface area contributed by atoms with Crippen molar-refractivity contribution in [3.05, 3.63) is 133 Å². The summed E-state index contributed by atoms with van der Waals surface area (Å²) in [6, 6.07) is 20.7. The normalized spacial score (nSPS) is 13.3. The van der Waals surface area contributed by atoms with Gasteiger partial charge in [0.15, 0.2) is 0 Å². The van der Waals surface area contributed by atoms with E-state index in [-0.39, 0.29) is 35.1 Å². The number of aromatic nitrogens is 3. The molecule has 8 nitrogen and oxygen atoms in total. The molecule has 44 heavy (non-hydrogen) atoms. The topological polar surface area (TPSA) is 80.9 Å². The van der Waals surface area contributed by atoms with Crippen molar-refractivity contribution in [2.24, 2.45) is 0 Å². The molecule has 12 heteroatoms. The average Bonchev–Trinajstić information content (AvgIpc) is 3.43. The summed E-state index contributed by atoms with van der Waals surface area (Å²) in [5.74, 6) is -0.554. The fourth-order valence-corrected chi connectivity index (χ4v) is 5.99. The van der Waals surface area contributed by atoms with Crippen LogP contribution in [0.4, 0.5) is 13.2 Å². The molecular formula is C32H27BrF3N5O3. The van der Waals surface area contributed by atoms with Crippen molar-refractivity contribution in [2.45, 2.75) is 32.2 Å². The standard InChI is InChI=1S/C32H27BrF3N5O3/c1-37-44-19-21-7-10-24(11-8-21)40-29-23(15-20-5-3-2-4-6-20)17-38-41(29)28-18-39(14-13-25(28)31(40)43)30(42)22-9-12-27(33)26(16-22)32(34,35)36/h2-12,16-17,37H,13-15,18-19H2,1H3. The molecule has 6 rings (SSSR count). The van der Waals surface area contributed by atoms with Crippen LogP contribution < -0.4 is 11.0 Å². The van der Waals surface area contributed by atoms with Gasteiger partial charge in [-0.25, -0.2) is 10.00 Å². The molecule has 0 aliphatic carbocycles. The Labute approximate surface area is 258 Å². The van der Waals surface area contributed by atoms with Crippen LogP contribution in [0.2, 0.25) is 0 Å². The fourth-order valence-electron chi connectivity index (χ4n) is 5.52. The van der Waals surface area contributed by atoms with Gasteiger partial charge in [-0.1, -0.05) is 58.4 Å². The van der Waals surface area contributed by atoms with Crippen molar-refractivity contribution in [1.29, 1.82) is 0 Å². The van der Waals surface area contributed by atoms with Crippen LogP contribution in [0, 0.1) is 0 Å². The summed E-state index contributed by atoms with van der Waals surface area (Å²) in [5.41, 5.74) is 6.43. The lowest BCUT2D eigenvalue weighted by molar-refractivity contribution is -0.138. The lowest BCUT2D eigenvalue weighted by Gasteiger charge is -2.30. The SMILES string of the molecule is CNOCc1ccc(-n2c(=O)c3c(n4ncc(Cc5ccccc5)c24)CN(C(=O)c2ccc(Br)c(C(F)(F)F)c2)CC3)cc1. The molecule has 2 aromatic heterocycles. The Balaban J connectivity index is 1.44. The molecule has 0 spiro atoms. The van der Waals surface area contributed by atoms with Crippen LogP contribution in [-0.4, -0.2) is 38.6 Å². The van der Waals surface area contributed by atoms with Gasteiger partial charge in [-0.15, -0.1) is 0 Å². The number of halogens is 4. The smallest absolute Gasteiger partial charge is 0.332 e. The number of carbonyl (C=O) groups excluding carboxylic acids is 1. The summed E-state index contributed by atoms with van der Waals surface area (Å²) < 4.78 is 43.8. The van der Waals surface area contributed by atoms with E-state index >= 15 is 0 Å². The number of hydroxylamine groups is 1. The van der Waals surface area contributed by atoms with Gasteiger partial charge in [-0.2, -0.15) is 18.3 Å². The highest BCUT2D eigenvalue weighted by Gasteiger charge is 2.35. The van der Waals surface area contributed by atoms with E-state index in [1.165, 1.54) is 17.0 Å². The first-order valence-corrected chi connectivity index (χ1v) is 14.7. The molecule has 0 radical (unpaired) electrons. The van der Waals surface area contributed by atoms with Gasteiger partial charge < -0.3 is 4.90 Å². The number of benzene rings is 3. The highest BCUT2D eigenvalue weighted by atomic mass is 79.9. The predicted molar refractivity (Wildman–Crippen MR) is 161 cm³/mol. The maximum atomic E-state index is 14.2. The largest absolute Gasteiger partial charge is 0.417 e. The molecule has 5 aromatic rings. The van der Waals surface area contributed by atoms with Crippen LogP contribution in [0.25, 0.3) is 11.3 Å². The first-order valence-electron chi connectivity index (χ1n) is 13.9. The van der Waals surface area contributed by atoms with E-state index in [9.17, 15) is 22.8 Å². The van der Waals surface area contributed by atoms with E-state index in [1.807, 2.05) is 54.6 Å². The van der Waals surface area contributed by atoms with Gasteiger partial charge in [0.2, 0.25) is 0 Å². The van der Waals surface area contributed by atoms with E-state index < -0.39 is 17.6 Å². The van der Waals surface area contributed by atoms with Crippen LogP contribution >= 0.6 is 15.9 Å². The Morgan fingerprint density at radius 1 is 1.05 bits per heavy atom. The molecular weight excluding hydrogens is 639 g/mol. The monoisotopic (exact) mass is 665 g/mol. The second-order valence-electron chi connectivity index (χ2n) is 10.5. The number of hydrogen-bond donors (Lipinski definition) is 1. The van der Waals surface area contributed by atoms with Gasteiger partial charge >= 0.3 is 6.18 Å². The van der Waals surface area contributed by atoms with Crippen molar-refractivity contribution < 1.29 is 22.8 Å². The van der Waals surface area contributed by atoms with Crippen LogP contribution in [0.3, 0.4) is 0 Å². The van der Waals surface area contributed by atoms with Gasteiger partial charge in [-0.3, -0.25) is 19.0 Å². The van der Waals surface area contributed by atoms with Crippen molar-refractivity contribution in [2.75, 3.05) is 13.6 Å². The quantitative estimate of drug-likeness (QED) is 0.226. The molecule has 0 saturated carbocycles. The average molecular weight is 666 g/mol. The summed E-state index contributed by atoms with van der Waals surface area (Å²) in [5, 5.41) is 4.67. The molecule has 0 saturated heterocycles. The third-order valence-corrected chi connectivity index (χ3v) is 8.38. The number of nitrogens with one attached hydrogen (secondary N) is 1. The third-order valence-electron chi connectivity index (χ3n) is 7.69. The Morgan fingerprint density at radius 2 is 1.80 bits per heavy atom. The summed E-state index contributed by atoms with van der Waals surface area (Å²) >= 11 is 2.93. The molecule has 1 N–H and O–H groups in total. The van der Waals surface area contributed by atoms with Gasteiger partial charge in [0.1, 0.15) is 5.65 Å². The van der Waals surface area contributed by atoms with Gasteiger partial charge in [0, 0.05) is 41.2 Å². The minimum atomic E-state index is -4.62. The Kier molecular flexibility index (Phi) is 8.14. The van der Waals surface area contributed by atoms with E-state index in [0.29, 0.717) is 35.6 Å².